The minimum Gasteiger partial charge on any atom is -0.493 e. The molecule has 2 aromatic carbocycles. The predicted molar refractivity (Wildman–Crippen MR) is 187 cm³/mol. The van der Waals surface area contributed by atoms with Crippen molar-refractivity contribution in [3.63, 3.8) is 0 Å². The molecular weight excluding hydrogens is 600 g/mol. The first-order valence-corrected chi connectivity index (χ1v) is 17.7. The van der Waals surface area contributed by atoms with E-state index in [2.05, 4.69) is 70.0 Å². The zero-order valence-electron chi connectivity index (χ0n) is 28.3. The summed E-state index contributed by atoms with van der Waals surface area (Å²) in [5.41, 5.74) is 5.38. The molecule has 0 unspecified atom stereocenters. The molecule has 2 fully saturated rings. The topological polar surface area (TPSA) is 69.2 Å². The average molecular weight is 649 g/mol. The molecule has 0 aliphatic carbocycles. The van der Waals surface area contributed by atoms with Crippen molar-refractivity contribution < 1.29 is 18.9 Å². The summed E-state index contributed by atoms with van der Waals surface area (Å²) in [6.45, 7) is 10.5. The predicted octanol–water partition coefficient (Wildman–Crippen LogP) is 7.24. The van der Waals surface area contributed by atoms with Crippen molar-refractivity contribution in [1.29, 1.82) is 0 Å². The van der Waals surface area contributed by atoms with Crippen molar-refractivity contribution >= 4 is 0 Å². The summed E-state index contributed by atoms with van der Waals surface area (Å²) in [7, 11) is 0. The molecule has 0 radical (unpaired) electrons. The van der Waals surface area contributed by atoms with Crippen LogP contribution in [-0.4, -0.2) is 71.4 Å². The van der Waals surface area contributed by atoms with Crippen molar-refractivity contribution in [1.82, 2.24) is 19.8 Å². The van der Waals surface area contributed by atoms with E-state index in [1.807, 2.05) is 24.3 Å². The van der Waals surface area contributed by atoms with Crippen LogP contribution in [0.15, 0.2) is 85.5 Å². The van der Waals surface area contributed by atoms with Gasteiger partial charge >= 0.3 is 0 Å². The molecule has 8 heteroatoms. The first-order valence-electron chi connectivity index (χ1n) is 17.7. The van der Waals surface area contributed by atoms with E-state index in [4.69, 9.17) is 18.9 Å². The zero-order valence-corrected chi connectivity index (χ0v) is 28.3. The number of piperidine rings is 2. The van der Waals surface area contributed by atoms with Gasteiger partial charge in [-0.2, -0.15) is 0 Å². The fourth-order valence-electron chi connectivity index (χ4n) is 7.29. The lowest BCUT2D eigenvalue weighted by Crippen LogP contribution is -2.39. The molecule has 4 aliphatic rings. The van der Waals surface area contributed by atoms with Gasteiger partial charge in [0, 0.05) is 63.5 Å². The third-order valence-corrected chi connectivity index (χ3v) is 10.3. The van der Waals surface area contributed by atoms with Crippen LogP contribution >= 0.6 is 0 Å². The Kier molecular flexibility index (Phi) is 10.4. The molecule has 4 aliphatic heterocycles. The highest BCUT2D eigenvalue weighted by Crippen LogP contribution is 2.33. The highest BCUT2D eigenvalue weighted by molar-refractivity contribution is 5.42. The molecule has 0 amide bonds. The summed E-state index contributed by atoms with van der Waals surface area (Å²) >= 11 is 0. The van der Waals surface area contributed by atoms with E-state index >= 15 is 0 Å². The van der Waals surface area contributed by atoms with E-state index < -0.39 is 0 Å². The fraction of sp³-hybridized carbons (Fsp3) is 0.450. The molecule has 0 N–H and O–H groups in total. The van der Waals surface area contributed by atoms with Crippen LogP contribution in [0.3, 0.4) is 0 Å². The molecule has 0 bridgehead atoms. The first-order chi connectivity index (χ1) is 23.6. The van der Waals surface area contributed by atoms with Crippen LogP contribution in [0.5, 0.6) is 23.0 Å². The second-order valence-electron chi connectivity index (χ2n) is 13.4. The molecule has 0 saturated carbocycles. The second-order valence-corrected chi connectivity index (χ2v) is 13.4. The Balaban J connectivity index is 0.000000152. The highest BCUT2D eigenvalue weighted by atomic mass is 16.5. The highest BCUT2D eigenvalue weighted by Gasteiger charge is 2.27. The lowest BCUT2D eigenvalue weighted by Gasteiger charge is -2.36. The minimum atomic E-state index is 0.293. The smallest absolute Gasteiger partial charge is 0.137 e. The second kappa shape index (κ2) is 15.4. The van der Waals surface area contributed by atoms with Crippen molar-refractivity contribution in [2.45, 2.75) is 76.7 Å². The number of hydrogen-bond donors (Lipinski definition) is 0. The number of nitrogens with zero attached hydrogens (tertiary/aromatic N) is 4. The largest absolute Gasteiger partial charge is 0.493 e. The number of ether oxygens (including phenoxy) is 4. The van der Waals surface area contributed by atoms with E-state index in [0.29, 0.717) is 24.3 Å². The lowest BCUT2D eigenvalue weighted by atomic mass is 10.00. The molecule has 6 heterocycles. The van der Waals surface area contributed by atoms with Crippen LogP contribution < -0.4 is 18.9 Å². The van der Waals surface area contributed by atoms with Gasteiger partial charge < -0.3 is 18.9 Å². The Labute approximate surface area is 285 Å². The van der Waals surface area contributed by atoms with Gasteiger partial charge in [0.25, 0.3) is 0 Å². The summed E-state index contributed by atoms with van der Waals surface area (Å²) in [6, 6.07) is 22.1. The summed E-state index contributed by atoms with van der Waals surface area (Å²) in [5, 5.41) is 0. The summed E-state index contributed by atoms with van der Waals surface area (Å²) < 4.78 is 23.5. The van der Waals surface area contributed by atoms with Crippen LogP contribution in [-0.2, 0) is 12.8 Å². The maximum atomic E-state index is 6.04. The van der Waals surface area contributed by atoms with E-state index in [1.54, 1.807) is 24.8 Å². The van der Waals surface area contributed by atoms with Gasteiger partial charge in [-0.05, 0) is 98.2 Å². The molecule has 8 nitrogen and oxygen atoms in total. The van der Waals surface area contributed by atoms with Crippen LogP contribution in [0.2, 0.25) is 0 Å². The molecule has 48 heavy (non-hydrogen) atoms. The Hall–Kier alpha value is -4.14. The SMILES string of the molecule is C[C@@H](c1ccc2c(c1)OCC2)N1CCC(Oc2cccnc2)CC1.C[C@H](c1ccc2c(c1)OCC2)N1CCC(Oc2cccnc2)CC1. The Bertz CT molecular complexity index is 1480. The number of benzene rings is 2. The molecule has 0 spiro atoms. The van der Waals surface area contributed by atoms with Gasteiger partial charge in [-0.3, -0.25) is 19.8 Å². The molecule has 2 aromatic heterocycles. The maximum absolute atomic E-state index is 6.04. The lowest BCUT2D eigenvalue weighted by molar-refractivity contribution is 0.0793. The van der Waals surface area contributed by atoms with Crippen molar-refractivity contribution in [2.75, 3.05) is 39.4 Å². The first kappa shape index (κ1) is 32.4. The van der Waals surface area contributed by atoms with Crippen LogP contribution in [0.25, 0.3) is 0 Å². The van der Waals surface area contributed by atoms with Gasteiger partial charge in [-0.25, -0.2) is 0 Å². The maximum Gasteiger partial charge on any atom is 0.137 e. The molecule has 4 aromatic rings. The summed E-state index contributed by atoms with van der Waals surface area (Å²) in [5.74, 6) is 3.91. The van der Waals surface area contributed by atoms with Gasteiger partial charge in [-0.15, -0.1) is 0 Å². The third-order valence-electron chi connectivity index (χ3n) is 10.3. The van der Waals surface area contributed by atoms with Crippen molar-refractivity contribution in [3.8, 4) is 23.0 Å². The van der Waals surface area contributed by atoms with Crippen molar-refractivity contribution in [3.05, 3.63) is 108 Å². The fourth-order valence-corrected chi connectivity index (χ4v) is 7.29. The van der Waals surface area contributed by atoms with Gasteiger partial charge in [0.1, 0.15) is 35.2 Å². The monoisotopic (exact) mass is 648 g/mol. The van der Waals surface area contributed by atoms with Crippen LogP contribution in [0, 0.1) is 0 Å². The van der Waals surface area contributed by atoms with E-state index in [9.17, 15) is 0 Å². The third kappa shape index (κ3) is 7.93. The number of likely N-dealkylation sites (tertiary alicyclic amines) is 2. The quantitative estimate of drug-likeness (QED) is 0.198. The van der Waals surface area contributed by atoms with E-state index in [0.717, 1.165) is 101 Å². The van der Waals surface area contributed by atoms with Gasteiger partial charge in [0.05, 0.1) is 25.6 Å². The van der Waals surface area contributed by atoms with Gasteiger partial charge in [-0.1, -0.05) is 24.3 Å². The van der Waals surface area contributed by atoms with Crippen LogP contribution in [0.4, 0.5) is 0 Å². The molecular formula is C40H48N4O4. The Morgan fingerprint density at radius 2 is 1.06 bits per heavy atom. The number of rotatable bonds is 8. The average Bonchev–Trinajstić information content (AvgIpc) is 3.82. The standard InChI is InChI=1S/2C20H24N2O2/c2*1-15(17-5-4-16-8-12-23-20(16)13-17)22-10-6-18(7-11-22)24-19-3-2-9-21-14-19/h2*2-5,9,13-15,18H,6-8,10-12H2,1H3/t2*15-/m10/s1. The Morgan fingerprint density at radius 1 is 0.625 bits per heavy atom. The molecule has 8 rings (SSSR count). The molecule has 252 valence electrons. The normalized spacial score (nSPS) is 19.5. The minimum absolute atomic E-state index is 0.293. The Morgan fingerprint density at radius 3 is 1.46 bits per heavy atom. The summed E-state index contributed by atoms with van der Waals surface area (Å²) in [4.78, 5) is 13.3. The zero-order chi connectivity index (χ0) is 32.7. The number of hydrogen-bond acceptors (Lipinski definition) is 8. The molecule has 2 saturated heterocycles. The molecule has 2 atom stereocenters. The van der Waals surface area contributed by atoms with Gasteiger partial charge in [0.2, 0.25) is 0 Å². The number of pyridine rings is 2. The van der Waals surface area contributed by atoms with E-state index in [-0.39, 0.29) is 0 Å². The summed E-state index contributed by atoms with van der Waals surface area (Å²) in [6.07, 6.45) is 14.0. The van der Waals surface area contributed by atoms with Gasteiger partial charge in [0.15, 0.2) is 0 Å². The number of fused-ring (bicyclic) bond motifs is 2. The van der Waals surface area contributed by atoms with Crippen molar-refractivity contribution in [2.24, 2.45) is 0 Å². The van der Waals surface area contributed by atoms with E-state index in [1.165, 1.54) is 22.3 Å². The number of aromatic nitrogens is 2. The van der Waals surface area contributed by atoms with Crippen LogP contribution in [0.1, 0.15) is 73.9 Å².